The minimum atomic E-state index is -0.0110. The SMILES string of the molecule is CC(C)(C)c1ccc(N(c2cccc(-n3ccc(-c4ccccn4)c3-c3ccccn3)n2)c2cccc(-n3ccc(-c4ccccn4)c3-c3ccccn3)n2)cc1. The van der Waals surface area contributed by atoms with E-state index in [1.54, 1.807) is 0 Å². The number of nitrogens with zero attached hydrogens (tertiary/aromatic N) is 9. The second kappa shape index (κ2) is 15.0. The number of hydrogen-bond acceptors (Lipinski definition) is 7. The van der Waals surface area contributed by atoms with Gasteiger partial charge < -0.3 is 0 Å². The molecule has 57 heavy (non-hydrogen) atoms. The maximum atomic E-state index is 5.35. The quantitative estimate of drug-likeness (QED) is 0.145. The van der Waals surface area contributed by atoms with Crippen LogP contribution >= 0.6 is 0 Å². The van der Waals surface area contributed by atoms with E-state index in [4.69, 9.17) is 19.9 Å². The van der Waals surface area contributed by atoms with Gasteiger partial charge in [0.1, 0.15) is 23.3 Å². The Balaban J connectivity index is 1.20. The van der Waals surface area contributed by atoms with Crippen molar-refractivity contribution in [1.82, 2.24) is 39.0 Å². The number of anilines is 3. The molecule has 9 nitrogen and oxygen atoms in total. The molecule has 1 aromatic carbocycles. The average molecular weight is 742 g/mol. The van der Waals surface area contributed by atoms with Crippen LogP contribution in [0, 0.1) is 0 Å². The molecule has 0 fully saturated rings. The molecule has 0 atom stereocenters. The summed E-state index contributed by atoms with van der Waals surface area (Å²) in [6, 6.07) is 48.7. The Morgan fingerprint density at radius 1 is 0.421 bits per heavy atom. The Hall–Kier alpha value is -7.52. The average Bonchev–Trinajstić information content (AvgIpc) is 3.92. The van der Waals surface area contributed by atoms with E-state index in [9.17, 15) is 0 Å². The monoisotopic (exact) mass is 741 g/mol. The molecule has 8 heterocycles. The maximum absolute atomic E-state index is 5.35. The highest BCUT2D eigenvalue weighted by Gasteiger charge is 2.23. The number of benzene rings is 1. The van der Waals surface area contributed by atoms with Crippen LogP contribution in [0.25, 0.3) is 56.9 Å². The van der Waals surface area contributed by atoms with Crippen molar-refractivity contribution in [3.8, 4) is 56.9 Å². The van der Waals surface area contributed by atoms with Gasteiger partial charge >= 0.3 is 0 Å². The second-order valence-electron chi connectivity index (χ2n) is 14.6. The summed E-state index contributed by atoms with van der Waals surface area (Å²) in [6.45, 7) is 6.67. The van der Waals surface area contributed by atoms with Gasteiger partial charge in [-0.3, -0.25) is 34.0 Å². The van der Waals surface area contributed by atoms with Gasteiger partial charge in [-0.1, -0.05) is 69.3 Å². The molecule has 0 bridgehead atoms. The van der Waals surface area contributed by atoms with Gasteiger partial charge in [-0.25, -0.2) is 9.97 Å². The highest BCUT2D eigenvalue weighted by Crippen LogP contribution is 2.38. The van der Waals surface area contributed by atoms with Crippen LogP contribution in [0.15, 0.2) is 183 Å². The third-order valence-electron chi connectivity index (χ3n) is 9.85. The fraction of sp³-hybridized carbons (Fsp3) is 0.0833. The molecule has 0 radical (unpaired) electrons. The molecule has 0 saturated heterocycles. The summed E-state index contributed by atoms with van der Waals surface area (Å²) in [5.74, 6) is 2.86. The zero-order valence-electron chi connectivity index (χ0n) is 31.8. The Labute approximate surface area is 331 Å². The van der Waals surface area contributed by atoms with Gasteiger partial charge in [0.15, 0.2) is 0 Å². The summed E-state index contributed by atoms with van der Waals surface area (Å²) in [6.07, 6.45) is 11.3. The first-order valence-corrected chi connectivity index (χ1v) is 18.9. The molecular weight excluding hydrogens is 703 g/mol. The summed E-state index contributed by atoms with van der Waals surface area (Å²) in [5, 5.41) is 0. The van der Waals surface area contributed by atoms with Gasteiger partial charge in [-0.05, 0) is 108 Å². The third kappa shape index (κ3) is 6.98. The van der Waals surface area contributed by atoms with E-state index in [1.807, 2.05) is 146 Å². The minimum Gasteiger partial charge on any atom is -0.299 e. The molecule has 9 aromatic rings. The normalized spacial score (nSPS) is 11.4. The Morgan fingerprint density at radius 2 is 0.842 bits per heavy atom. The molecule has 8 aromatic heterocycles. The molecule has 0 N–H and O–H groups in total. The molecule has 0 aliphatic rings. The van der Waals surface area contributed by atoms with Crippen LogP contribution in [0.2, 0.25) is 0 Å². The van der Waals surface area contributed by atoms with Crippen molar-refractivity contribution in [3.05, 3.63) is 188 Å². The second-order valence-corrected chi connectivity index (χ2v) is 14.6. The molecule has 0 unspecified atom stereocenters. The molecule has 0 spiro atoms. The van der Waals surface area contributed by atoms with E-state index in [-0.39, 0.29) is 5.41 Å². The zero-order valence-corrected chi connectivity index (χ0v) is 31.8. The largest absolute Gasteiger partial charge is 0.299 e. The minimum absolute atomic E-state index is 0.0110. The van der Waals surface area contributed by atoms with Crippen molar-refractivity contribution in [3.63, 3.8) is 0 Å². The lowest BCUT2D eigenvalue weighted by Gasteiger charge is -2.26. The van der Waals surface area contributed by atoms with Crippen LogP contribution < -0.4 is 4.90 Å². The zero-order chi connectivity index (χ0) is 38.8. The van der Waals surface area contributed by atoms with Gasteiger partial charge in [0.2, 0.25) is 0 Å². The molecule has 9 heteroatoms. The van der Waals surface area contributed by atoms with Crippen molar-refractivity contribution >= 4 is 17.3 Å². The fourth-order valence-corrected chi connectivity index (χ4v) is 7.07. The molecule has 0 aliphatic heterocycles. The first kappa shape index (κ1) is 35.2. The molecule has 276 valence electrons. The van der Waals surface area contributed by atoms with Gasteiger partial charge in [-0.15, -0.1) is 0 Å². The van der Waals surface area contributed by atoms with Crippen LogP contribution in [0.1, 0.15) is 26.3 Å². The molecule has 0 aliphatic carbocycles. The van der Waals surface area contributed by atoms with Crippen molar-refractivity contribution in [1.29, 1.82) is 0 Å². The van der Waals surface area contributed by atoms with Gasteiger partial charge in [0.25, 0.3) is 0 Å². The summed E-state index contributed by atoms with van der Waals surface area (Å²) < 4.78 is 4.16. The van der Waals surface area contributed by atoms with Crippen LogP contribution in [-0.4, -0.2) is 39.0 Å². The van der Waals surface area contributed by atoms with E-state index < -0.39 is 0 Å². The third-order valence-corrected chi connectivity index (χ3v) is 9.85. The first-order chi connectivity index (χ1) is 27.9. The van der Waals surface area contributed by atoms with E-state index in [0.717, 1.165) is 62.6 Å². The summed E-state index contributed by atoms with van der Waals surface area (Å²) in [7, 11) is 0. The number of aromatic nitrogens is 8. The highest BCUT2D eigenvalue weighted by molar-refractivity contribution is 5.81. The van der Waals surface area contributed by atoms with Gasteiger partial charge in [-0.2, -0.15) is 0 Å². The lowest BCUT2D eigenvalue weighted by atomic mass is 9.87. The molecular formula is C48H39N9. The predicted molar refractivity (Wildman–Crippen MR) is 227 cm³/mol. The van der Waals surface area contributed by atoms with Crippen molar-refractivity contribution in [2.45, 2.75) is 26.2 Å². The van der Waals surface area contributed by atoms with Crippen molar-refractivity contribution in [2.75, 3.05) is 4.90 Å². The van der Waals surface area contributed by atoms with Crippen LogP contribution in [0.3, 0.4) is 0 Å². The highest BCUT2D eigenvalue weighted by atomic mass is 15.3. The number of pyridine rings is 6. The van der Waals surface area contributed by atoms with Crippen molar-refractivity contribution in [2.24, 2.45) is 0 Å². The molecule has 0 amide bonds. The van der Waals surface area contributed by atoms with Crippen LogP contribution in [0.5, 0.6) is 0 Å². The molecule has 9 rings (SSSR count). The number of rotatable bonds is 9. The summed E-state index contributed by atoms with van der Waals surface area (Å²) in [5.41, 5.74) is 9.23. The van der Waals surface area contributed by atoms with E-state index in [2.05, 4.69) is 81.2 Å². The van der Waals surface area contributed by atoms with Crippen molar-refractivity contribution < 1.29 is 0 Å². The lowest BCUT2D eigenvalue weighted by molar-refractivity contribution is 0.590. The van der Waals surface area contributed by atoms with Gasteiger partial charge in [0, 0.05) is 54.0 Å². The Bertz CT molecular complexity index is 2590. The smallest absolute Gasteiger partial charge is 0.141 e. The predicted octanol–water partition coefficient (Wildman–Crippen LogP) is 11.1. The van der Waals surface area contributed by atoms with E-state index in [1.165, 1.54) is 5.56 Å². The standard InChI is InChI=1S/C48H39N9/c1-48(2,3)34-22-24-35(25-23-34)57(44-20-12-18-42(53-44)55-32-26-36(38-14-4-8-28-49-38)46(55)40-16-6-10-30-51-40)45-21-13-19-43(54-45)56-33-27-37(39-15-5-9-29-50-39)47(56)41-17-7-11-31-52-41/h4-33H,1-3H3. The summed E-state index contributed by atoms with van der Waals surface area (Å²) in [4.78, 5) is 31.7. The Kier molecular flexibility index (Phi) is 9.24. The number of hydrogen-bond donors (Lipinski definition) is 0. The van der Waals surface area contributed by atoms with E-state index >= 15 is 0 Å². The molecule has 0 saturated carbocycles. The fourth-order valence-electron chi connectivity index (χ4n) is 7.07. The Morgan fingerprint density at radius 3 is 1.23 bits per heavy atom. The summed E-state index contributed by atoms with van der Waals surface area (Å²) >= 11 is 0. The van der Waals surface area contributed by atoms with E-state index in [0.29, 0.717) is 11.6 Å². The maximum Gasteiger partial charge on any atom is 0.141 e. The first-order valence-electron chi connectivity index (χ1n) is 18.9. The van der Waals surface area contributed by atoms with Crippen LogP contribution in [0.4, 0.5) is 17.3 Å². The van der Waals surface area contributed by atoms with Crippen LogP contribution in [-0.2, 0) is 5.41 Å². The lowest BCUT2D eigenvalue weighted by Crippen LogP contribution is -2.16. The van der Waals surface area contributed by atoms with Gasteiger partial charge in [0.05, 0.1) is 34.2 Å². The topological polar surface area (TPSA) is 90.4 Å².